The van der Waals surface area contributed by atoms with Crippen LogP contribution >= 0.6 is 0 Å². The first-order valence-electron chi connectivity index (χ1n) is 10.2. The lowest BCUT2D eigenvalue weighted by Crippen LogP contribution is -2.49. The number of ether oxygens (including phenoxy) is 1. The Morgan fingerprint density at radius 2 is 2.04 bits per heavy atom. The molecule has 0 radical (unpaired) electrons. The zero-order chi connectivity index (χ0) is 19.3. The second-order valence-electron chi connectivity index (χ2n) is 7.86. The van der Waals surface area contributed by atoms with Crippen LogP contribution in [0.2, 0.25) is 0 Å². The van der Waals surface area contributed by atoms with Gasteiger partial charge in [0.05, 0.1) is 6.54 Å². The maximum absolute atomic E-state index is 12.5. The van der Waals surface area contributed by atoms with Crippen molar-refractivity contribution in [2.75, 3.05) is 26.2 Å². The van der Waals surface area contributed by atoms with Gasteiger partial charge in [-0.3, -0.25) is 9.78 Å². The number of amides is 2. The molecule has 1 aromatic rings. The van der Waals surface area contributed by atoms with Gasteiger partial charge in [-0.15, -0.1) is 0 Å². The van der Waals surface area contributed by atoms with E-state index < -0.39 is 5.60 Å². The second kappa shape index (κ2) is 8.72. The van der Waals surface area contributed by atoms with E-state index in [1.54, 1.807) is 6.20 Å². The smallest absolute Gasteiger partial charge is 0.410 e. The first-order chi connectivity index (χ1) is 13.0. The van der Waals surface area contributed by atoms with E-state index in [9.17, 15) is 9.59 Å². The number of hydrogen-bond donors (Lipinski definition) is 0. The summed E-state index contributed by atoms with van der Waals surface area (Å²) >= 11 is 0. The fraction of sp³-hybridized carbons (Fsp3) is 0.667. The fourth-order valence-electron chi connectivity index (χ4n) is 4.07. The van der Waals surface area contributed by atoms with Gasteiger partial charge in [0.2, 0.25) is 5.91 Å². The van der Waals surface area contributed by atoms with Crippen LogP contribution in [0.5, 0.6) is 0 Å². The van der Waals surface area contributed by atoms with E-state index >= 15 is 0 Å². The van der Waals surface area contributed by atoms with Gasteiger partial charge in [0.15, 0.2) is 0 Å². The maximum atomic E-state index is 12.5. The lowest BCUT2D eigenvalue weighted by atomic mass is 9.90. The third-order valence-corrected chi connectivity index (χ3v) is 6.05. The first kappa shape index (κ1) is 19.6. The molecule has 2 fully saturated rings. The number of hydrogen-bond acceptors (Lipinski definition) is 4. The van der Waals surface area contributed by atoms with E-state index in [2.05, 4.69) is 18.8 Å². The highest BCUT2D eigenvalue weighted by Gasteiger charge is 2.47. The number of likely N-dealkylation sites (tertiary alicyclic amines) is 1. The van der Waals surface area contributed by atoms with Crippen molar-refractivity contribution in [1.82, 2.24) is 14.8 Å². The predicted molar refractivity (Wildman–Crippen MR) is 103 cm³/mol. The number of aryl methyl sites for hydroxylation is 1. The third kappa shape index (κ3) is 4.79. The summed E-state index contributed by atoms with van der Waals surface area (Å²) in [7, 11) is 0. The molecule has 1 spiro atoms. The average molecular weight is 373 g/mol. The lowest BCUT2D eigenvalue weighted by molar-refractivity contribution is -0.134. The SMILES string of the molecule is CCC(CC)CN1CC2(CCN(C(=O)CCc3cccnc3)CC2)OC1=O. The largest absolute Gasteiger partial charge is 0.441 e. The number of pyridine rings is 1. The number of nitrogens with zero attached hydrogens (tertiary/aromatic N) is 3. The van der Waals surface area contributed by atoms with Crippen LogP contribution in [-0.4, -0.2) is 58.6 Å². The maximum Gasteiger partial charge on any atom is 0.410 e. The van der Waals surface area contributed by atoms with Crippen molar-refractivity contribution >= 4 is 12.0 Å². The third-order valence-electron chi connectivity index (χ3n) is 6.05. The molecule has 0 atom stereocenters. The summed E-state index contributed by atoms with van der Waals surface area (Å²) in [5.41, 5.74) is 0.685. The van der Waals surface area contributed by atoms with Gasteiger partial charge in [-0.1, -0.05) is 32.8 Å². The van der Waals surface area contributed by atoms with E-state index in [1.807, 2.05) is 28.1 Å². The first-order valence-corrected chi connectivity index (χ1v) is 10.2. The molecule has 6 nitrogen and oxygen atoms in total. The number of rotatable bonds is 7. The number of piperidine rings is 1. The molecule has 3 heterocycles. The molecule has 0 N–H and O–H groups in total. The molecule has 6 heteroatoms. The highest BCUT2D eigenvalue weighted by Crippen LogP contribution is 2.34. The number of aromatic nitrogens is 1. The molecule has 2 aliphatic heterocycles. The van der Waals surface area contributed by atoms with Crippen molar-refractivity contribution in [3.63, 3.8) is 0 Å². The molecule has 2 saturated heterocycles. The summed E-state index contributed by atoms with van der Waals surface area (Å²) in [4.78, 5) is 32.7. The monoisotopic (exact) mass is 373 g/mol. The lowest BCUT2D eigenvalue weighted by Gasteiger charge is -2.37. The van der Waals surface area contributed by atoms with Crippen molar-refractivity contribution < 1.29 is 14.3 Å². The number of carbonyl (C=O) groups is 2. The van der Waals surface area contributed by atoms with Crippen LogP contribution in [0, 0.1) is 5.92 Å². The quantitative estimate of drug-likeness (QED) is 0.736. The summed E-state index contributed by atoms with van der Waals surface area (Å²) in [5, 5.41) is 0. The van der Waals surface area contributed by atoms with Crippen LogP contribution in [0.4, 0.5) is 4.79 Å². The summed E-state index contributed by atoms with van der Waals surface area (Å²) in [6.07, 6.45) is 8.20. The molecule has 0 aliphatic carbocycles. The zero-order valence-electron chi connectivity index (χ0n) is 16.5. The Morgan fingerprint density at radius 3 is 2.67 bits per heavy atom. The topological polar surface area (TPSA) is 62.7 Å². The van der Waals surface area contributed by atoms with Crippen LogP contribution in [-0.2, 0) is 16.0 Å². The van der Waals surface area contributed by atoms with Crippen molar-refractivity contribution in [3.8, 4) is 0 Å². The molecule has 0 aromatic carbocycles. The minimum absolute atomic E-state index is 0.173. The normalized spacial score (nSPS) is 19.0. The molecule has 3 rings (SSSR count). The number of carbonyl (C=O) groups excluding carboxylic acids is 2. The van der Waals surface area contributed by atoms with Crippen molar-refractivity contribution in [2.24, 2.45) is 5.92 Å². The molecule has 1 aromatic heterocycles. The molecular weight excluding hydrogens is 342 g/mol. The molecule has 2 amide bonds. The van der Waals surface area contributed by atoms with Gasteiger partial charge >= 0.3 is 6.09 Å². The zero-order valence-corrected chi connectivity index (χ0v) is 16.5. The van der Waals surface area contributed by atoms with Gasteiger partial charge in [0.1, 0.15) is 5.60 Å². The van der Waals surface area contributed by atoms with Gasteiger partial charge in [0.25, 0.3) is 0 Å². The van der Waals surface area contributed by atoms with Gasteiger partial charge < -0.3 is 14.5 Å². The van der Waals surface area contributed by atoms with E-state index in [-0.39, 0.29) is 12.0 Å². The van der Waals surface area contributed by atoms with E-state index in [1.165, 1.54) is 0 Å². The van der Waals surface area contributed by atoms with E-state index in [4.69, 9.17) is 4.74 Å². The minimum Gasteiger partial charge on any atom is -0.441 e. The van der Waals surface area contributed by atoms with Gasteiger partial charge in [0, 0.05) is 51.3 Å². The Balaban J connectivity index is 1.48. The summed E-state index contributed by atoms with van der Waals surface area (Å²) in [5.74, 6) is 0.703. The Morgan fingerprint density at radius 1 is 1.30 bits per heavy atom. The van der Waals surface area contributed by atoms with Crippen LogP contribution in [0.3, 0.4) is 0 Å². The molecule has 0 bridgehead atoms. The van der Waals surface area contributed by atoms with Crippen LogP contribution < -0.4 is 0 Å². The van der Waals surface area contributed by atoms with Gasteiger partial charge in [-0.05, 0) is 24.0 Å². The molecular formula is C21H31N3O3. The molecule has 27 heavy (non-hydrogen) atoms. The van der Waals surface area contributed by atoms with Crippen LogP contribution in [0.15, 0.2) is 24.5 Å². The molecule has 2 aliphatic rings. The summed E-state index contributed by atoms with van der Waals surface area (Å²) in [6, 6.07) is 3.89. The Labute approximate surface area is 161 Å². The van der Waals surface area contributed by atoms with Crippen molar-refractivity contribution in [2.45, 2.75) is 58.0 Å². The fourth-order valence-corrected chi connectivity index (χ4v) is 4.07. The second-order valence-corrected chi connectivity index (χ2v) is 7.86. The highest BCUT2D eigenvalue weighted by atomic mass is 16.6. The van der Waals surface area contributed by atoms with Gasteiger partial charge in [-0.2, -0.15) is 0 Å². The summed E-state index contributed by atoms with van der Waals surface area (Å²) < 4.78 is 5.79. The van der Waals surface area contributed by atoms with Crippen molar-refractivity contribution in [1.29, 1.82) is 0 Å². The highest BCUT2D eigenvalue weighted by molar-refractivity contribution is 5.76. The molecule has 0 saturated carbocycles. The molecule has 148 valence electrons. The van der Waals surface area contributed by atoms with Crippen molar-refractivity contribution in [3.05, 3.63) is 30.1 Å². The average Bonchev–Trinajstić information content (AvgIpc) is 3.00. The predicted octanol–water partition coefficient (Wildman–Crippen LogP) is 3.26. The standard InChI is InChI=1S/C21H31N3O3/c1-3-17(4-2)15-24-16-21(27-20(24)26)9-12-23(13-10-21)19(25)8-7-18-6-5-11-22-14-18/h5-6,11,14,17H,3-4,7-10,12-13,15-16H2,1-2H3. The minimum atomic E-state index is -0.400. The van der Waals surface area contributed by atoms with E-state index in [0.717, 1.165) is 37.8 Å². The Bertz CT molecular complexity index is 637. The molecule has 0 unspecified atom stereocenters. The van der Waals surface area contributed by atoms with Crippen LogP contribution in [0.1, 0.15) is 51.5 Å². The van der Waals surface area contributed by atoms with E-state index in [0.29, 0.717) is 38.4 Å². The Kier molecular flexibility index (Phi) is 6.34. The Hall–Kier alpha value is -2.11. The van der Waals surface area contributed by atoms with Crippen LogP contribution in [0.25, 0.3) is 0 Å². The van der Waals surface area contributed by atoms with Gasteiger partial charge in [-0.25, -0.2) is 4.79 Å². The summed E-state index contributed by atoms with van der Waals surface area (Å²) in [6.45, 7) is 7.11.